The van der Waals surface area contributed by atoms with Crippen molar-refractivity contribution >= 4 is 38.2 Å². The predicted molar refractivity (Wildman–Crippen MR) is 135 cm³/mol. The van der Waals surface area contributed by atoms with Gasteiger partial charge in [0.1, 0.15) is 10.8 Å². The van der Waals surface area contributed by atoms with E-state index in [1.54, 1.807) is 6.92 Å². The van der Waals surface area contributed by atoms with Gasteiger partial charge in [0.2, 0.25) is 10.0 Å². The van der Waals surface area contributed by atoms with Crippen molar-refractivity contribution < 1.29 is 27.5 Å². The molecule has 1 amide bonds. The van der Waals surface area contributed by atoms with Crippen LogP contribution in [-0.2, 0) is 27.6 Å². The van der Waals surface area contributed by atoms with Crippen LogP contribution in [0.3, 0.4) is 0 Å². The lowest BCUT2D eigenvalue weighted by atomic mass is 9.95. The van der Waals surface area contributed by atoms with Crippen LogP contribution in [0.1, 0.15) is 70.7 Å². The van der Waals surface area contributed by atoms with E-state index in [0.717, 1.165) is 49.0 Å². The molecule has 8 nitrogen and oxygen atoms in total. The summed E-state index contributed by atoms with van der Waals surface area (Å²) in [6.45, 7) is 5.02. The molecule has 0 unspecified atom stereocenters. The van der Waals surface area contributed by atoms with Crippen molar-refractivity contribution in [3.05, 3.63) is 39.8 Å². The molecule has 1 aliphatic carbocycles. The Kier molecular flexibility index (Phi) is 7.83. The Balaban J connectivity index is 1.66. The monoisotopic (exact) mass is 520 g/mol. The topological polar surface area (TPSA) is 102 Å². The van der Waals surface area contributed by atoms with E-state index in [1.807, 2.05) is 0 Å². The molecule has 0 radical (unpaired) electrons. The molecular weight excluding hydrogens is 488 g/mol. The molecule has 0 bridgehead atoms. The van der Waals surface area contributed by atoms with Crippen molar-refractivity contribution in [2.24, 2.45) is 5.92 Å². The first-order chi connectivity index (χ1) is 16.8. The standard InChI is InChI=1S/C25H32N2O6S2/c1-4-33-25(29)22-18-7-5-6-8-21(18)34-24(22)26-23(28)19-15-17(9-10-20(19)32-3)35(30,31)27-13-11-16(2)12-14-27/h9-10,15-16H,4-8,11-14H2,1-3H3,(H,26,28). The number of piperidine rings is 1. The van der Waals surface area contributed by atoms with E-state index in [1.165, 1.54) is 41.0 Å². The highest BCUT2D eigenvalue weighted by Crippen LogP contribution is 2.39. The molecule has 1 saturated heterocycles. The summed E-state index contributed by atoms with van der Waals surface area (Å²) in [5.41, 5.74) is 1.45. The Hall–Kier alpha value is -2.43. The third-order valence-electron chi connectivity index (χ3n) is 6.67. The summed E-state index contributed by atoms with van der Waals surface area (Å²) in [5, 5.41) is 3.28. The average Bonchev–Trinajstić information content (AvgIpc) is 3.21. The van der Waals surface area contributed by atoms with Gasteiger partial charge in [-0.25, -0.2) is 13.2 Å². The summed E-state index contributed by atoms with van der Waals surface area (Å²) in [6, 6.07) is 4.33. The Labute approximate surface area is 210 Å². The number of hydrogen-bond acceptors (Lipinski definition) is 7. The number of hydrogen-bond donors (Lipinski definition) is 1. The number of aryl methyl sites for hydroxylation is 1. The molecular formula is C25H32N2O6S2. The van der Waals surface area contributed by atoms with E-state index in [4.69, 9.17) is 9.47 Å². The number of nitrogens with zero attached hydrogens (tertiary/aromatic N) is 1. The summed E-state index contributed by atoms with van der Waals surface area (Å²) in [4.78, 5) is 27.3. The highest BCUT2D eigenvalue weighted by atomic mass is 32.2. The molecule has 0 saturated carbocycles. The molecule has 2 aliphatic rings. The van der Waals surface area contributed by atoms with E-state index in [-0.39, 0.29) is 22.8 Å². The minimum atomic E-state index is -3.74. The second kappa shape index (κ2) is 10.7. The predicted octanol–water partition coefficient (Wildman–Crippen LogP) is 4.49. The molecule has 2 heterocycles. The number of fused-ring (bicyclic) bond motifs is 1. The highest BCUT2D eigenvalue weighted by Gasteiger charge is 2.31. The summed E-state index contributed by atoms with van der Waals surface area (Å²) >= 11 is 1.39. The third-order valence-corrected chi connectivity index (χ3v) is 9.78. The summed E-state index contributed by atoms with van der Waals surface area (Å²) in [7, 11) is -2.31. The maximum absolute atomic E-state index is 13.4. The van der Waals surface area contributed by atoms with Crippen molar-refractivity contribution in [3.63, 3.8) is 0 Å². The number of nitrogens with one attached hydrogen (secondary N) is 1. The maximum atomic E-state index is 13.4. The van der Waals surface area contributed by atoms with Crippen LogP contribution in [0.5, 0.6) is 5.75 Å². The van der Waals surface area contributed by atoms with Crippen LogP contribution >= 0.6 is 11.3 Å². The second-order valence-corrected chi connectivity index (χ2v) is 12.1. The minimum absolute atomic E-state index is 0.0501. The van der Waals surface area contributed by atoms with E-state index in [2.05, 4.69) is 12.2 Å². The van der Waals surface area contributed by atoms with Crippen LogP contribution in [0.2, 0.25) is 0 Å². The number of ether oxygens (including phenoxy) is 2. The number of amides is 1. The van der Waals surface area contributed by atoms with Crippen LogP contribution in [0, 0.1) is 5.92 Å². The molecule has 10 heteroatoms. The number of esters is 1. The number of sulfonamides is 1. The van der Waals surface area contributed by atoms with Crippen molar-refractivity contribution in [2.45, 2.75) is 57.3 Å². The van der Waals surface area contributed by atoms with Crippen molar-refractivity contribution in [3.8, 4) is 5.75 Å². The Morgan fingerprint density at radius 1 is 1.17 bits per heavy atom. The first kappa shape index (κ1) is 25.7. The first-order valence-electron chi connectivity index (χ1n) is 12.1. The van der Waals surface area contributed by atoms with Gasteiger partial charge in [-0.2, -0.15) is 4.31 Å². The zero-order chi connectivity index (χ0) is 25.2. The van der Waals surface area contributed by atoms with Crippen molar-refractivity contribution in [1.29, 1.82) is 0 Å². The van der Waals surface area contributed by atoms with E-state index in [9.17, 15) is 18.0 Å². The third kappa shape index (κ3) is 5.24. The van der Waals surface area contributed by atoms with Crippen LogP contribution < -0.4 is 10.1 Å². The largest absolute Gasteiger partial charge is 0.496 e. The molecule has 1 N–H and O–H groups in total. The van der Waals surface area contributed by atoms with Crippen LogP contribution in [0.25, 0.3) is 0 Å². The van der Waals surface area contributed by atoms with Gasteiger partial charge in [0, 0.05) is 18.0 Å². The molecule has 0 spiro atoms. The summed E-state index contributed by atoms with van der Waals surface area (Å²) < 4.78 is 38.7. The van der Waals surface area contributed by atoms with Gasteiger partial charge in [-0.15, -0.1) is 11.3 Å². The normalized spacial score (nSPS) is 17.0. The number of carbonyl (C=O) groups is 2. The van der Waals surface area contributed by atoms with Gasteiger partial charge in [-0.3, -0.25) is 4.79 Å². The quantitative estimate of drug-likeness (QED) is 0.540. The van der Waals surface area contributed by atoms with Crippen LogP contribution in [0.15, 0.2) is 23.1 Å². The lowest BCUT2D eigenvalue weighted by Crippen LogP contribution is -2.37. The molecule has 0 atom stereocenters. The molecule has 1 fully saturated rings. The molecule has 4 rings (SSSR count). The number of carbonyl (C=O) groups excluding carboxylic acids is 2. The molecule has 35 heavy (non-hydrogen) atoms. The van der Waals surface area contributed by atoms with Gasteiger partial charge in [0.25, 0.3) is 5.91 Å². The number of benzene rings is 1. The van der Waals surface area contributed by atoms with E-state index < -0.39 is 21.9 Å². The van der Waals surface area contributed by atoms with Gasteiger partial charge < -0.3 is 14.8 Å². The van der Waals surface area contributed by atoms with Gasteiger partial charge in [0.15, 0.2) is 0 Å². The number of methoxy groups -OCH3 is 1. The zero-order valence-corrected chi connectivity index (χ0v) is 22.0. The highest BCUT2D eigenvalue weighted by molar-refractivity contribution is 7.89. The van der Waals surface area contributed by atoms with Crippen LogP contribution in [-0.4, -0.2) is 51.4 Å². The fourth-order valence-electron chi connectivity index (χ4n) is 4.64. The van der Waals surface area contributed by atoms with Crippen molar-refractivity contribution in [2.75, 3.05) is 32.1 Å². The Bertz CT molecular complexity index is 1210. The van der Waals surface area contributed by atoms with Crippen LogP contribution in [0.4, 0.5) is 5.00 Å². The summed E-state index contributed by atoms with van der Waals surface area (Å²) in [6.07, 6.45) is 5.25. The lowest BCUT2D eigenvalue weighted by Gasteiger charge is -2.29. The van der Waals surface area contributed by atoms with Gasteiger partial charge in [-0.05, 0) is 75.1 Å². The minimum Gasteiger partial charge on any atom is -0.496 e. The van der Waals surface area contributed by atoms with Gasteiger partial charge in [-0.1, -0.05) is 6.92 Å². The molecule has 1 aromatic carbocycles. The first-order valence-corrected chi connectivity index (χ1v) is 14.3. The van der Waals surface area contributed by atoms with E-state index in [0.29, 0.717) is 29.6 Å². The lowest BCUT2D eigenvalue weighted by molar-refractivity contribution is 0.0526. The van der Waals surface area contributed by atoms with Gasteiger partial charge >= 0.3 is 5.97 Å². The van der Waals surface area contributed by atoms with Gasteiger partial charge in [0.05, 0.1) is 29.7 Å². The Morgan fingerprint density at radius 3 is 2.57 bits per heavy atom. The molecule has 1 aliphatic heterocycles. The maximum Gasteiger partial charge on any atom is 0.341 e. The molecule has 1 aromatic heterocycles. The molecule has 2 aromatic rings. The Morgan fingerprint density at radius 2 is 1.89 bits per heavy atom. The number of rotatable bonds is 7. The molecule has 190 valence electrons. The number of anilines is 1. The summed E-state index contributed by atoms with van der Waals surface area (Å²) in [5.74, 6) is -0.239. The zero-order valence-electron chi connectivity index (χ0n) is 20.4. The van der Waals surface area contributed by atoms with E-state index >= 15 is 0 Å². The second-order valence-electron chi connectivity index (χ2n) is 9.04. The number of thiophene rings is 1. The SMILES string of the molecule is CCOC(=O)c1c(NC(=O)c2cc(S(=O)(=O)N3CCC(C)CC3)ccc2OC)sc2c1CCCC2. The average molecular weight is 521 g/mol. The fourth-order valence-corrected chi connectivity index (χ4v) is 7.41. The van der Waals surface area contributed by atoms with Crippen molar-refractivity contribution in [1.82, 2.24) is 4.31 Å². The smallest absolute Gasteiger partial charge is 0.341 e. The fraction of sp³-hybridized carbons (Fsp3) is 0.520.